The van der Waals surface area contributed by atoms with E-state index in [9.17, 15) is 4.79 Å². The number of carbonyl (C=O) groups is 1. The molecule has 0 saturated heterocycles. The lowest BCUT2D eigenvalue weighted by Gasteiger charge is -2.33. The van der Waals surface area contributed by atoms with Crippen LogP contribution in [0.2, 0.25) is 0 Å². The summed E-state index contributed by atoms with van der Waals surface area (Å²) in [4.78, 5) is 20.5. The summed E-state index contributed by atoms with van der Waals surface area (Å²) in [5.74, 6) is 0.767. The minimum Gasteiger partial charge on any atom is -0.370 e. The molecular weight excluding hydrogens is 282 g/mol. The van der Waals surface area contributed by atoms with E-state index in [-0.39, 0.29) is 11.9 Å². The number of hydrogen-bond acceptors (Lipinski definition) is 4. The van der Waals surface area contributed by atoms with Crippen LogP contribution in [0.1, 0.15) is 40.8 Å². The first kappa shape index (κ1) is 14.1. The molecule has 21 heavy (non-hydrogen) atoms. The molecule has 0 bridgehead atoms. The highest BCUT2D eigenvalue weighted by Gasteiger charge is 2.29. The Labute approximate surface area is 128 Å². The number of thiophene rings is 1. The summed E-state index contributed by atoms with van der Waals surface area (Å²) in [6.45, 7) is 5.67. The van der Waals surface area contributed by atoms with Crippen molar-refractivity contribution in [2.45, 2.75) is 26.3 Å². The highest BCUT2D eigenvalue weighted by molar-refractivity contribution is 7.10. The topological polar surface area (TPSA) is 45.2 Å². The van der Waals surface area contributed by atoms with Gasteiger partial charge in [-0.3, -0.25) is 4.79 Å². The van der Waals surface area contributed by atoms with Gasteiger partial charge in [-0.25, -0.2) is 4.98 Å². The normalized spacial score (nSPS) is 17.4. The Balaban J connectivity index is 1.84. The van der Waals surface area contributed by atoms with Crippen LogP contribution in [0.5, 0.6) is 0 Å². The molecule has 1 aliphatic rings. The van der Waals surface area contributed by atoms with Crippen molar-refractivity contribution in [1.29, 1.82) is 0 Å². The van der Waals surface area contributed by atoms with Gasteiger partial charge in [-0.15, -0.1) is 11.3 Å². The van der Waals surface area contributed by atoms with Gasteiger partial charge in [0.25, 0.3) is 5.91 Å². The zero-order chi connectivity index (χ0) is 14.8. The van der Waals surface area contributed by atoms with Crippen molar-refractivity contribution in [1.82, 2.24) is 9.88 Å². The van der Waals surface area contributed by atoms with E-state index in [1.807, 2.05) is 24.0 Å². The number of pyridine rings is 1. The Hall–Kier alpha value is -1.88. The minimum absolute atomic E-state index is 0.0131. The number of nitrogens with one attached hydrogen (secondary N) is 1. The van der Waals surface area contributed by atoms with Crippen molar-refractivity contribution in [2.75, 3.05) is 18.4 Å². The average molecular weight is 301 g/mol. The first-order valence-electron chi connectivity index (χ1n) is 7.29. The summed E-state index contributed by atoms with van der Waals surface area (Å²) in [6, 6.07) is 7.81. The first-order valence-corrected chi connectivity index (χ1v) is 8.17. The highest BCUT2D eigenvalue weighted by atomic mass is 32.1. The lowest BCUT2D eigenvalue weighted by atomic mass is 10.0. The van der Waals surface area contributed by atoms with Crippen LogP contribution in [0.4, 0.5) is 5.82 Å². The minimum atomic E-state index is 0.0131. The van der Waals surface area contributed by atoms with Crippen molar-refractivity contribution in [3.8, 4) is 0 Å². The van der Waals surface area contributed by atoms with Gasteiger partial charge in [-0.1, -0.05) is 6.07 Å². The fourth-order valence-electron chi connectivity index (χ4n) is 2.77. The van der Waals surface area contributed by atoms with E-state index in [2.05, 4.69) is 28.7 Å². The van der Waals surface area contributed by atoms with Crippen molar-refractivity contribution < 1.29 is 4.79 Å². The van der Waals surface area contributed by atoms with Gasteiger partial charge >= 0.3 is 0 Å². The summed E-state index contributed by atoms with van der Waals surface area (Å²) in [5, 5.41) is 5.26. The monoisotopic (exact) mass is 301 g/mol. The van der Waals surface area contributed by atoms with E-state index in [1.165, 1.54) is 10.4 Å². The third kappa shape index (κ3) is 2.65. The van der Waals surface area contributed by atoms with Gasteiger partial charge < -0.3 is 10.2 Å². The summed E-state index contributed by atoms with van der Waals surface area (Å²) in [6.07, 6.45) is 0.940. The van der Waals surface area contributed by atoms with Crippen LogP contribution >= 0.6 is 11.3 Å². The van der Waals surface area contributed by atoms with Gasteiger partial charge in [-0.05, 0) is 49.4 Å². The number of amides is 1. The zero-order valence-electron chi connectivity index (χ0n) is 12.3. The molecule has 3 heterocycles. The van der Waals surface area contributed by atoms with Gasteiger partial charge in [0.1, 0.15) is 11.5 Å². The van der Waals surface area contributed by atoms with Gasteiger partial charge in [0, 0.05) is 18.0 Å². The zero-order valence-corrected chi connectivity index (χ0v) is 13.1. The summed E-state index contributed by atoms with van der Waals surface area (Å²) >= 11 is 1.78. The molecule has 0 saturated carbocycles. The summed E-state index contributed by atoms with van der Waals surface area (Å²) < 4.78 is 0. The van der Waals surface area contributed by atoms with Crippen LogP contribution in [0.3, 0.4) is 0 Å². The third-order valence-electron chi connectivity index (χ3n) is 3.86. The van der Waals surface area contributed by atoms with Crippen LogP contribution in [0.15, 0.2) is 29.6 Å². The molecule has 1 amide bonds. The summed E-state index contributed by atoms with van der Waals surface area (Å²) in [7, 11) is 0. The molecule has 0 aromatic carbocycles. The molecule has 5 heteroatoms. The van der Waals surface area contributed by atoms with E-state index in [4.69, 9.17) is 0 Å². The fraction of sp³-hybridized carbons (Fsp3) is 0.375. The third-order valence-corrected chi connectivity index (χ3v) is 4.86. The van der Waals surface area contributed by atoms with Crippen LogP contribution in [-0.2, 0) is 6.42 Å². The molecule has 0 fully saturated rings. The van der Waals surface area contributed by atoms with Crippen LogP contribution in [0.25, 0.3) is 0 Å². The Morgan fingerprint density at radius 3 is 3.14 bits per heavy atom. The van der Waals surface area contributed by atoms with E-state index >= 15 is 0 Å². The quantitative estimate of drug-likeness (QED) is 0.945. The molecule has 1 N–H and O–H groups in total. The van der Waals surface area contributed by atoms with Crippen LogP contribution in [-0.4, -0.2) is 28.9 Å². The number of carbonyl (C=O) groups excluding carboxylic acids is 1. The van der Waals surface area contributed by atoms with E-state index in [0.29, 0.717) is 5.69 Å². The van der Waals surface area contributed by atoms with Gasteiger partial charge in [-0.2, -0.15) is 0 Å². The number of fused-ring (bicyclic) bond motifs is 1. The van der Waals surface area contributed by atoms with E-state index in [1.54, 1.807) is 17.4 Å². The molecule has 4 nitrogen and oxygen atoms in total. The first-order chi connectivity index (χ1) is 10.2. The predicted molar refractivity (Wildman–Crippen MR) is 85.9 cm³/mol. The molecule has 3 rings (SSSR count). The molecule has 110 valence electrons. The second-order valence-corrected chi connectivity index (χ2v) is 6.16. The predicted octanol–water partition coefficient (Wildman–Crippen LogP) is 3.33. The van der Waals surface area contributed by atoms with Crippen molar-refractivity contribution in [3.63, 3.8) is 0 Å². The van der Waals surface area contributed by atoms with E-state index < -0.39 is 0 Å². The average Bonchev–Trinajstić information content (AvgIpc) is 2.97. The lowest BCUT2D eigenvalue weighted by molar-refractivity contribution is 0.0673. The van der Waals surface area contributed by atoms with Gasteiger partial charge in [0.2, 0.25) is 0 Å². The van der Waals surface area contributed by atoms with Crippen LogP contribution in [0, 0.1) is 0 Å². The second-order valence-electron chi connectivity index (χ2n) is 5.16. The number of anilines is 1. The number of hydrogen-bond donors (Lipinski definition) is 1. The Morgan fingerprint density at radius 2 is 2.33 bits per heavy atom. The molecule has 0 aliphatic carbocycles. The molecule has 0 spiro atoms. The van der Waals surface area contributed by atoms with Crippen molar-refractivity contribution >= 4 is 23.1 Å². The molecule has 1 atom stereocenters. The maximum Gasteiger partial charge on any atom is 0.273 e. The number of rotatable bonds is 3. The van der Waals surface area contributed by atoms with Gasteiger partial charge in [0.15, 0.2) is 0 Å². The van der Waals surface area contributed by atoms with Crippen molar-refractivity contribution in [2.24, 2.45) is 0 Å². The highest BCUT2D eigenvalue weighted by Crippen LogP contribution is 2.33. The second kappa shape index (κ2) is 5.85. The Bertz CT molecular complexity index is 652. The molecule has 2 aromatic rings. The number of nitrogens with zero attached hydrogens (tertiary/aromatic N) is 2. The lowest BCUT2D eigenvalue weighted by Crippen LogP contribution is -2.38. The van der Waals surface area contributed by atoms with E-state index in [0.717, 1.165) is 25.3 Å². The molecule has 0 radical (unpaired) electrons. The molecule has 2 aromatic heterocycles. The van der Waals surface area contributed by atoms with Crippen molar-refractivity contribution in [3.05, 3.63) is 45.8 Å². The Morgan fingerprint density at radius 1 is 1.48 bits per heavy atom. The van der Waals surface area contributed by atoms with Crippen LogP contribution < -0.4 is 5.32 Å². The fourth-order valence-corrected chi connectivity index (χ4v) is 3.73. The largest absolute Gasteiger partial charge is 0.370 e. The Kier molecular flexibility index (Phi) is 3.92. The molecule has 1 unspecified atom stereocenters. The maximum absolute atomic E-state index is 12.7. The standard InChI is InChI=1S/C16H19N3OS/c1-3-17-15-6-4-5-13(18-15)16(20)19-9-7-14-12(11(19)2)8-10-21-14/h4-6,8,10-11H,3,7,9H2,1-2H3,(H,17,18). The summed E-state index contributed by atoms with van der Waals surface area (Å²) in [5.41, 5.74) is 1.79. The number of aromatic nitrogens is 1. The smallest absolute Gasteiger partial charge is 0.273 e. The molecular formula is C16H19N3OS. The molecule has 1 aliphatic heterocycles. The maximum atomic E-state index is 12.7. The SMILES string of the molecule is CCNc1cccc(C(=O)N2CCc3sccc3C2C)n1. The van der Waals surface area contributed by atoms with Gasteiger partial charge in [0.05, 0.1) is 6.04 Å².